The predicted octanol–water partition coefficient (Wildman–Crippen LogP) is 6.57. The summed E-state index contributed by atoms with van der Waals surface area (Å²) in [5.41, 5.74) is 5.13. The Kier molecular flexibility index (Phi) is 10.9. The lowest BCUT2D eigenvalue weighted by atomic mass is 9.95. The molecule has 214 valence electrons. The third-order valence-corrected chi connectivity index (χ3v) is 8.08. The highest BCUT2D eigenvalue weighted by Gasteiger charge is 2.21. The van der Waals surface area contributed by atoms with Crippen LogP contribution in [0.25, 0.3) is 21.3 Å². The van der Waals surface area contributed by atoms with Crippen LogP contribution in [0.15, 0.2) is 42.7 Å². The predicted molar refractivity (Wildman–Crippen MR) is 158 cm³/mol. The van der Waals surface area contributed by atoms with Gasteiger partial charge < -0.3 is 20.4 Å². The van der Waals surface area contributed by atoms with Gasteiger partial charge in [0, 0.05) is 65.7 Å². The summed E-state index contributed by atoms with van der Waals surface area (Å²) in [6, 6.07) is 7.40. The number of aldehydes is 1. The molecule has 2 aliphatic heterocycles. The number of nitrogens with zero attached hydrogens (tertiary/aromatic N) is 3. The van der Waals surface area contributed by atoms with Gasteiger partial charge in [-0.15, -0.1) is 11.3 Å². The first-order valence-corrected chi connectivity index (χ1v) is 14.6. The number of nitrogens with one attached hydrogen (secondary N) is 2. The Labute approximate surface area is 242 Å². The Morgan fingerprint density at radius 2 is 1.98 bits per heavy atom. The van der Waals surface area contributed by atoms with E-state index < -0.39 is 18.9 Å². The average molecular weight is 590 g/mol. The van der Waals surface area contributed by atoms with Crippen molar-refractivity contribution in [2.24, 2.45) is 0 Å². The summed E-state index contributed by atoms with van der Waals surface area (Å²) in [7, 11) is 1.60. The lowest BCUT2D eigenvalue weighted by Gasteiger charge is -2.25. The van der Waals surface area contributed by atoms with E-state index in [1.807, 2.05) is 24.3 Å². The maximum Gasteiger partial charge on any atom is 0.324 e. The van der Waals surface area contributed by atoms with Crippen LogP contribution in [-0.4, -0.2) is 66.8 Å². The Balaban J connectivity index is 0.000000666. The molecule has 0 saturated carbocycles. The Morgan fingerprint density at radius 1 is 1.18 bits per heavy atom. The van der Waals surface area contributed by atoms with Gasteiger partial charge in [-0.1, -0.05) is 11.6 Å². The van der Waals surface area contributed by atoms with Crippen molar-refractivity contribution in [2.45, 2.75) is 45.1 Å². The number of carbonyl (C=O) groups is 2. The SMILES string of the molecule is C1CCNC1.CN(Cc1cc2nccc(-c3cc(Cl)cc4c3NCCC4)c2s1)C(=O)N(/C=C\C=O)CCC(F)F. The van der Waals surface area contributed by atoms with Crippen LogP contribution in [0.2, 0.25) is 5.02 Å². The first-order valence-electron chi connectivity index (χ1n) is 13.4. The number of carbonyl (C=O) groups excluding carboxylic acids is 2. The number of rotatable bonds is 8. The van der Waals surface area contributed by atoms with Gasteiger partial charge in [-0.2, -0.15) is 0 Å². The highest BCUT2D eigenvalue weighted by Crippen LogP contribution is 2.41. The van der Waals surface area contributed by atoms with Gasteiger partial charge in [0.1, 0.15) is 6.29 Å². The molecule has 0 radical (unpaired) electrons. The van der Waals surface area contributed by atoms with Crippen LogP contribution >= 0.6 is 22.9 Å². The molecule has 5 rings (SSSR count). The van der Waals surface area contributed by atoms with Crippen molar-refractivity contribution < 1.29 is 18.4 Å². The fourth-order valence-electron chi connectivity index (χ4n) is 4.81. The zero-order chi connectivity index (χ0) is 28.5. The number of fused-ring (bicyclic) bond motifs is 2. The van der Waals surface area contributed by atoms with E-state index in [0.29, 0.717) is 11.3 Å². The van der Waals surface area contributed by atoms with E-state index in [-0.39, 0.29) is 13.1 Å². The quantitative estimate of drug-likeness (QED) is 0.230. The number of aryl methyl sites for hydroxylation is 1. The molecule has 4 heterocycles. The number of halogens is 3. The zero-order valence-corrected chi connectivity index (χ0v) is 24.0. The lowest BCUT2D eigenvalue weighted by Crippen LogP contribution is -2.38. The normalized spacial score (nSPS) is 14.5. The van der Waals surface area contributed by atoms with E-state index in [4.69, 9.17) is 11.6 Å². The van der Waals surface area contributed by atoms with Crippen molar-refractivity contribution in [1.82, 2.24) is 20.1 Å². The molecule has 1 saturated heterocycles. The topological polar surface area (TPSA) is 77.6 Å². The van der Waals surface area contributed by atoms with Gasteiger partial charge in [-0.25, -0.2) is 13.6 Å². The van der Waals surface area contributed by atoms with Crippen molar-refractivity contribution in [3.05, 3.63) is 58.2 Å². The molecular formula is C29H34ClF2N5O2S. The van der Waals surface area contributed by atoms with Crippen LogP contribution in [-0.2, 0) is 17.8 Å². The molecule has 2 N–H and O–H groups in total. The summed E-state index contributed by atoms with van der Waals surface area (Å²) in [6.45, 7) is 3.49. The Hall–Kier alpha value is -3.08. The number of anilines is 1. The number of urea groups is 1. The minimum atomic E-state index is -2.54. The van der Waals surface area contributed by atoms with Gasteiger partial charge in [0.2, 0.25) is 6.43 Å². The van der Waals surface area contributed by atoms with E-state index in [1.165, 1.54) is 53.9 Å². The van der Waals surface area contributed by atoms with Gasteiger partial charge in [-0.05, 0) is 74.7 Å². The van der Waals surface area contributed by atoms with Crippen molar-refractivity contribution in [1.29, 1.82) is 0 Å². The van der Waals surface area contributed by atoms with Crippen LogP contribution in [0.5, 0.6) is 0 Å². The molecule has 0 atom stereocenters. The molecule has 0 aliphatic carbocycles. The molecule has 2 aliphatic rings. The summed E-state index contributed by atoms with van der Waals surface area (Å²) < 4.78 is 26.4. The van der Waals surface area contributed by atoms with Crippen molar-refractivity contribution in [3.63, 3.8) is 0 Å². The van der Waals surface area contributed by atoms with Crippen LogP contribution in [0.1, 0.15) is 36.1 Å². The van der Waals surface area contributed by atoms with Crippen molar-refractivity contribution in [2.75, 3.05) is 38.5 Å². The highest BCUT2D eigenvalue weighted by atomic mass is 35.5. The van der Waals surface area contributed by atoms with Gasteiger partial charge >= 0.3 is 6.03 Å². The minimum Gasteiger partial charge on any atom is -0.384 e. The second kappa shape index (κ2) is 14.5. The summed E-state index contributed by atoms with van der Waals surface area (Å²) in [5, 5.41) is 7.41. The molecule has 0 spiro atoms. The van der Waals surface area contributed by atoms with E-state index in [0.717, 1.165) is 62.3 Å². The fraction of sp³-hybridized carbons (Fsp3) is 0.414. The number of hydrogen-bond acceptors (Lipinski definition) is 6. The summed E-state index contributed by atoms with van der Waals surface area (Å²) >= 11 is 7.97. The number of pyridine rings is 1. The molecule has 7 nitrogen and oxygen atoms in total. The lowest BCUT2D eigenvalue weighted by molar-refractivity contribution is -0.104. The molecular weight excluding hydrogens is 556 g/mol. The molecule has 2 amide bonds. The molecule has 1 fully saturated rings. The number of benzene rings is 1. The van der Waals surface area contributed by atoms with Crippen LogP contribution in [0.3, 0.4) is 0 Å². The average Bonchev–Trinajstić information content (AvgIpc) is 3.65. The number of hydrogen-bond donors (Lipinski definition) is 2. The maximum atomic E-state index is 12.9. The molecule has 1 aromatic carbocycles. The first kappa shape index (κ1) is 29.9. The van der Waals surface area contributed by atoms with E-state index in [9.17, 15) is 18.4 Å². The molecule has 0 unspecified atom stereocenters. The van der Waals surface area contributed by atoms with Crippen LogP contribution < -0.4 is 10.6 Å². The number of amides is 2. The van der Waals surface area contributed by atoms with E-state index in [2.05, 4.69) is 15.6 Å². The summed E-state index contributed by atoms with van der Waals surface area (Å²) in [4.78, 5) is 31.5. The second-order valence-corrected chi connectivity index (χ2v) is 11.3. The zero-order valence-electron chi connectivity index (χ0n) is 22.5. The number of thiophene rings is 1. The van der Waals surface area contributed by atoms with Gasteiger partial charge in [0.15, 0.2) is 0 Å². The minimum absolute atomic E-state index is 0.184. The van der Waals surface area contributed by atoms with E-state index in [1.54, 1.807) is 13.2 Å². The van der Waals surface area contributed by atoms with E-state index >= 15 is 0 Å². The van der Waals surface area contributed by atoms with Crippen LogP contribution in [0.4, 0.5) is 19.3 Å². The Morgan fingerprint density at radius 3 is 2.67 bits per heavy atom. The number of alkyl halides is 2. The van der Waals surface area contributed by atoms with Gasteiger partial charge in [0.05, 0.1) is 16.8 Å². The maximum absolute atomic E-state index is 12.9. The van der Waals surface area contributed by atoms with Crippen molar-refractivity contribution >= 4 is 51.2 Å². The van der Waals surface area contributed by atoms with Crippen LogP contribution in [0, 0.1) is 0 Å². The van der Waals surface area contributed by atoms with Gasteiger partial charge in [0.25, 0.3) is 0 Å². The molecule has 2 aromatic heterocycles. The summed E-state index contributed by atoms with van der Waals surface area (Å²) in [6.07, 6.45) is 6.39. The van der Waals surface area contributed by atoms with Gasteiger partial charge in [-0.3, -0.25) is 9.78 Å². The highest BCUT2D eigenvalue weighted by molar-refractivity contribution is 7.19. The molecule has 11 heteroatoms. The Bertz CT molecular complexity index is 1340. The third kappa shape index (κ3) is 7.77. The fourth-order valence-corrected chi connectivity index (χ4v) is 6.24. The molecule has 40 heavy (non-hydrogen) atoms. The largest absolute Gasteiger partial charge is 0.384 e. The molecule has 0 bridgehead atoms. The first-order chi connectivity index (χ1) is 19.4. The number of aromatic nitrogens is 1. The second-order valence-electron chi connectivity index (χ2n) is 9.75. The standard InChI is InChI=1S/C25H25ClF2N4O2S.C4H9N/c1-31(25(34)32(9-3-11-33)10-6-22(27)28)15-18-14-21-24(35-18)19(5-8-29-21)20-13-17(26)12-16-4-2-7-30-23(16)20;1-2-4-5-3-1/h3,5,8-9,11-14,22,30H,2,4,6-7,10,15H2,1H3;5H,1-4H2/b9-3-;. The number of allylic oxidation sites excluding steroid dienone is 1. The monoisotopic (exact) mass is 589 g/mol. The van der Waals surface area contributed by atoms with Crippen molar-refractivity contribution in [3.8, 4) is 11.1 Å². The summed E-state index contributed by atoms with van der Waals surface area (Å²) in [5.74, 6) is 0. The molecule has 3 aromatic rings. The smallest absolute Gasteiger partial charge is 0.324 e. The third-order valence-electron chi connectivity index (χ3n) is 6.72.